The molecule has 0 spiro atoms. The molecule has 0 aromatic heterocycles. The van der Waals surface area contributed by atoms with Gasteiger partial charge in [0.25, 0.3) is 0 Å². The van der Waals surface area contributed by atoms with E-state index in [1.807, 2.05) is 0 Å². The number of hydrogen-bond donors (Lipinski definition) is 0. The number of unbranched alkanes of at least 4 members (excludes halogenated alkanes) is 21. The Balaban J connectivity index is 2.23. The van der Waals surface area contributed by atoms with Crippen LogP contribution in [-0.4, -0.2) is 87.4 Å². The highest BCUT2D eigenvalue weighted by atomic mass is 16.5. The van der Waals surface area contributed by atoms with E-state index in [4.69, 9.17) is 14.2 Å². The van der Waals surface area contributed by atoms with Crippen LogP contribution in [0.25, 0.3) is 0 Å². The van der Waals surface area contributed by atoms with Crippen molar-refractivity contribution in [2.24, 2.45) is 11.8 Å². The summed E-state index contributed by atoms with van der Waals surface area (Å²) < 4.78 is 17.9. The second kappa shape index (κ2) is 46.0. The molecule has 0 atom stereocenters. The molecule has 7 nitrogen and oxygen atoms in total. The Morgan fingerprint density at radius 3 is 1.16 bits per heavy atom. The molecule has 0 aromatic rings. The smallest absolute Gasteiger partial charge is 0.305 e. The Bertz CT molecular complexity index is 891. The van der Waals surface area contributed by atoms with Crippen molar-refractivity contribution in [2.75, 3.05) is 59.6 Å². The van der Waals surface area contributed by atoms with Crippen LogP contribution < -0.4 is 0 Å². The predicted molar refractivity (Wildman–Crippen MR) is 271 cm³/mol. The molecule has 374 valence electrons. The van der Waals surface area contributed by atoms with Crippen LogP contribution in [0.15, 0.2) is 0 Å². The average Bonchev–Trinajstić information content (AvgIpc) is 3.28. The molecule has 0 saturated carbocycles. The first-order valence-corrected chi connectivity index (χ1v) is 28.2. The summed E-state index contributed by atoms with van der Waals surface area (Å²) >= 11 is 0. The first-order valence-electron chi connectivity index (χ1n) is 28.2. The van der Waals surface area contributed by atoms with Gasteiger partial charge in [0, 0.05) is 45.6 Å². The number of piperazine rings is 1. The van der Waals surface area contributed by atoms with E-state index in [-0.39, 0.29) is 11.9 Å². The lowest BCUT2D eigenvalue weighted by molar-refractivity contribution is -0.145. The zero-order valence-electron chi connectivity index (χ0n) is 43.2. The minimum atomic E-state index is 0.0138. The Morgan fingerprint density at radius 1 is 0.397 bits per heavy atom. The van der Waals surface area contributed by atoms with Gasteiger partial charge in [-0.1, -0.05) is 207 Å². The zero-order chi connectivity index (χ0) is 45.7. The van der Waals surface area contributed by atoms with Gasteiger partial charge in [-0.3, -0.25) is 9.59 Å². The van der Waals surface area contributed by atoms with Crippen LogP contribution in [0.3, 0.4) is 0 Å². The maximum atomic E-state index is 12.4. The second-order valence-electron chi connectivity index (χ2n) is 20.1. The molecule has 1 heterocycles. The quantitative estimate of drug-likeness (QED) is 0.0445. The fraction of sp³-hybridized carbons (Fsp3) is 0.964. The minimum absolute atomic E-state index is 0.0138. The van der Waals surface area contributed by atoms with E-state index in [2.05, 4.69) is 44.5 Å². The van der Waals surface area contributed by atoms with Crippen molar-refractivity contribution in [3.63, 3.8) is 0 Å². The molecule has 7 heteroatoms. The lowest BCUT2D eigenvalue weighted by Gasteiger charge is -2.32. The third-order valence-corrected chi connectivity index (χ3v) is 14.1. The van der Waals surface area contributed by atoms with Gasteiger partial charge in [-0.05, 0) is 76.8 Å². The number of carbonyl (C=O) groups is 2. The van der Waals surface area contributed by atoms with Crippen LogP contribution in [0, 0.1) is 11.8 Å². The number of rotatable bonds is 48. The third-order valence-electron chi connectivity index (χ3n) is 14.1. The Labute approximate surface area is 393 Å². The molecule has 0 aliphatic carbocycles. The van der Waals surface area contributed by atoms with E-state index in [0.717, 1.165) is 57.0 Å². The summed E-state index contributed by atoms with van der Waals surface area (Å²) in [4.78, 5) is 29.9. The highest BCUT2D eigenvalue weighted by Crippen LogP contribution is 2.23. The number of likely N-dealkylation sites (N-methyl/N-ethyl adjacent to an activating group) is 1. The van der Waals surface area contributed by atoms with E-state index in [1.165, 1.54) is 225 Å². The molecule has 1 aliphatic heterocycles. The van der Waals surface area contributed by atoms with Crippen molar-refractivity contribution in [2.45, 2.75) is 278 Å². The Morgan fingerprint density at radius 2 is 0.762 bits per heavy atom. The first kappa shape index (κ1) is 59.8. The molecule has 0 amide bonds. The maximum absolute atomic E-state index is 12.4. The summed E-state index contributed by atoms with van der Waals surface area (Å²) in [7, 11) is 2.23. The standard InChI is InChI=1S/C56H110N2O5/c1-6-10-24-34-52(35-25-11-7-2)42-50-62-55(59)40-30-22-18-14-16-20-28-38-54(61-49-33-32-44-58-47-45-57(5)46-48-58)39-29-21-17-15-19-23-31-41-56(60)63-51-43-53(36-26-12-8-3)37-27-13-9-4/h52-54H,6-51H2,1-5H3. The molecule has 63 heavy (non-hydrogen) atoms. The van der Waals surface area contributed by atoms with Crippen molar-refractivity contribution < 1.29 is 23.8 Å². The molecule has 0 aromatic carbocycles. The van der Waals surface area contributed by atoms with Crippen molar-refractivity contribution in [3.8, 4) is 0 Å². The van der Waals surface area contributed by atoms with Gasteiger partial charge in [0.2, 0.25) is 0 Å². The monoisotopic (exact) mass is 891 g/mol. The SMILES string of the molecule is CCCCCC(CCCCC)CCOC(=O)CCCCCCCCCC(CCCCCCCCCC(=O)OCCC(CCCCC)CCCCC)OCCCCN1CCN(C)CC1. The number of hydrogen-bond acceptors (Lipinski definition) is 7. The van der Waals surface area contributed by atoms with E-state index < -0.39 is 0 Å². The van der Waals surface area contributed by atoms with Crippen molar-refractivity contribution in [1.29, 1.82) is 0 Å². The van der Waals surface area contributed by atoms with Gasteiger partial charge in [-0.2, -0.15) is 0 Å². The van der Waals surface area contributed by atoms with Gasteiger partial charge >= 0.3 is 11.9 Å². The highest BCUT2D eigenvalue weighted by molar-refractivity contribution is 5.69. The Kier molecular flexibility index (Phi) is 43.6. The predicted octanol–water partition coefficient (Wildman–Crippen LogP) is 15.8. The summed E-state index contributed by atoms with van der Waals surface area (Å²) in [5.74, 6) is 1.47. The largest absolute Gasteiger partial charge is 0.466 e. The van der Waals surface area contributed by atoms with Crippen LogP contribution in [0.2, 0.25) is 0 Å². The van der Waals surface area contributed by atoms with Gasteiger partial charge < -0.3 is 24.0 Å². The summed E-state index contributed by atoms with van der Waals surface area (Å²) in [5, 5.41) is 0. The molecule has 0 N–H and O–H groups in total. The molecule has 1 aliphatic rings. The fourth-order valence-corrected chi connectivity index (χ4v) is 9.54. The molecule has 1 saturated heterocycles. The van der Waals surface area contributed by atoms with Gasteiger partial charge in [0.1, 0.15) is 0 Å². The van der Waals surface area contributed by atoms with Crippen molar-refractivity contribution >= 4 is 11.9 Å². The highest BCUT2D eigenvalue weighted by Gasteiger charge is 2.15. The molecule has 0 bridgehead atoms. The van der Waals surface area contributed by atoms with Crippen LogP contribution in [0.5, 0.6) is 0 Å². The summed E-state index contributed by atoms with van der Waals surface area (Å²) in [5.41, 5.74) is 0. The van der Waals surface area contributed by atoms with Crippen LogP contribution >= 0.6 is 0 Å². The lowest BCUT2D eigenvalue weighted by atomic mass is 9.92. The third kappa shape index (κ3) is 39.7. The van der Waals surface area contributed by atoms with E-state index >= 15 is 0 Å². The van der Waals surface area contributed by atoms with Gasteiger partial charge in [0.05, 0.1) is 19.3 Å². The average molecular weight is 892 g/mol. The normalized spacial score (nSPS) is 13.8. The van der Waals surface area contributed by atoms with Crippen LogP contribution in [0.4, 0.5) is 0 Å². The van der Waals surface area contributed by atoms with Crippen LogP contribution in [0.1, 0.15) is 272 Å². The van der Waals surface area contributed by atoms with Gasteiger partial charge in [-0.25, -0.2) is 0 Å². The molecule has 1 rings (SSSR count). The number of esters is 2. The number of nitrogens with zero attached hydrogens (tertiary/aromatic N) is 2. The topological polar surface area (TPSA) is 68.3 Å². The maximum Gasteiger partial charge on any atom is 0.305 e. The van der Waals surface area contributed by atoms with Gasteiger partial charge in [-0.15, -0.1) is 0 Å². The summed E-state index contributed by atoms with van der Waals surface area (Å²) in [6.45, 7) is 17.2. The second-order valence-corrected chi connectivity index (χ2v) is 20.1. The molecule has 0 unspecified atom stereocenters. The summed E-state index contributed by atoms with van der Waals surface area (Å²) in [6.07, 6.45) is 46.1. The van der Waals surface area contributed by atoms with E-state index in [0.29, 0.717) is 32.2 Å². The first-order chi connectivity index (χ1) is 30.9. The van der Waals surface area contributed by atoms with E-state index in [1.54, 1.807) is 0 Å². The van der Waals surface area contributed by atoms with Crippen LogP contribution in [-0.2, 0) is 23.8 Å². The minimum Gasteiger partial charge on any atom is -0.466 e. The molecular weight excluding hydrogens is 781 g/mol. The zero-order valence-corrected chi connectivity index (χ0v) is 43.2. The van der Waals surface area contributed by atoms with Gasteiger partial charge in [0.15, 0.2) is 0 Å². The van der Waals surface area contributed by atoms with Crippen molar-refractivity contribution in [3.05, 3.63) is 0 Å². The summed E-state index contributed by atoms with van der Waals surface area (Å²) in [6, 6.07) is 0. The number of ether oxygens (including phenoxy) is 3. The molecule has 0 radical (unpaired) electrons. The molecular formula is C56H110N2O5. The van der Waals surface area contributed by atoms with Crippen molar-refractivity contribution in [1.82, 2.24) is 9.80 Å². The molecule has 1 fully saturated rings. The lowest BCUT2D eigenvalue weighted by Crippen LogP contribution is -2.44. The van der Waals surface area contributed by atoms with E-state index in [9.17, 15) is 9.59 Å². The fourth-order valence-electron chi connectivity index (χ4n) is 9.54. The Hall–Kier alpha value is -1.18. The number of carbonyl (C=O) groups excluding carboxylic acids is 2.